The first-order chi connectivity index (χ1) is 12.4. The average molecular weight is 367 g/mol. The van der Waals surface area contributed by atoms with Crippen LogP contribution in [-0.2, 0) is 21.7 Å². The summed E-state index contributed by atoms with van der Waals surface area (Å²) in [5.74, 6) is 0.927. The smallest absolute Gasteiger partial charge is 0.133 e. The molecular formula is C23H34N4. The summed E-state index contributed by atoms with van der Waals surface area (Å²) in [6, 6.07) is 0. The van der Waals surface area contributed by atoms with Crippen LogP contribution in [0.5, 0.6) is 0 Å². The van der Waals surface area contributed by atoms with Gasteiger partial charge in [-0.1, -0.05) is 55.4 Å². The van der Waals surface area contributed by atoms with Gasteiger partial charge in [-0.05, 0) is 30.2 Å². The van der Waals surface area contributed by atoms with Gasteiger partial charge in [0.2, 0.25) is 0 Å². The van der Waals surface area contributed by atoms with E-state index in [1.807, 2.05) is 24.8 Å². The molecule has 1 aliphatic carbocycles. The van der Waals surface area contributed by atoms with Gasteiger partial charge in [-0.15, -0.1) is 0 Å². The molecule has 0 aliphatic heterocycles. The molecule has 0 N–H and O–H groups in total. The highest BCUT2D eigenvalue weighted by molar-refractivity contribution is 5.35. The number of fused-ring (bicyclic) bond motifs is 1. The summed E-state index contributed by atoms with van der Waals surface area (Å²) in [6.45, 7) is 18.0. The Morgan fingerprint density at radius 3 is 1.96 bits per heavy atom. The SMILES string of the molecule is CC(C)(C)c1cnc(C(C)(C)CC[C@]2(C)CC(C)(C)c3nccnc32)nc1. The molecule has 0 radical (unpaired) electrons. The van der Waals surface area contributed by atoms with Crippen molar-refractivity contribution in [3.05, 3.63) is 47.6 Å². The van der Waals surface area contributed by atoms with E-state index in [1.165, 1.54) is 11.3 Å². The standard InChI is InChI=1S/C23H34N4/c1-20(2,3)16-13-26-19(27-14-16)21(4,5)9-10-23(8)15-22(6,7)17-18(23)25-12-11-24-17/h11-14H,9-10,15H2,1-8H3/t23-/m1/s1. The monoisotopic (exact) mass is 366 g/mol. The molecule has 1 atom stereocenters. The Morgan fingerprint density at radius 1 is 0.852 bits per heavy atom. The number of hydrogen-bond donors (Lipinski definition) is 0. The summed E-state index contributed by atoms with van der Waals surface area (Å²) in [5.41, 5.74) is 3.65. The van der Waals surface area contributed by atoms with Crippen molar-refractivity contribution >= 4 is 0 Å². The van der Waals surface area contributed by atoms with Gasteiger partial charge in [-0.2, -0.15) is 0 Å². The first-order valence-corrected chi connectivity index (χ1v) is 10.0. The van der Waals surface area contributed by atoms with E-state index in [-0.39, 0.29) is 21.7 Å². The van der Waals surface area contributed by atoms with Gasteiger partial charge >= 0.3 is 0 Å². The maximum Gasteiger partial charge on any atom is 0.133 e. The van der Waals surface area contributed by atoms with Crippen LogP contribution in [0.4, 0.5) is 0 Å². The summed E-state index contributed by atoms with van der Waals surface area (Å²) in [5, 5.41) is 0. The van der Waals surface area contributed by atoms with Crippen molar-refractivity contribution in [3.63, 3.8) is 0 Å². The molecule has 1 aliphatic rings. The maximum absolute atomic E-state index is 4.73. The van der Waals surface area contributed by atoms with E-state index in [0.29, 0.717) is 0 Å². The minimum atomic E-state index is -0.0749. The molecule has 4 nitrogen and oxygen atoms in total. The van der Waals surface area contributed by atoms with Crippen molar-refractivity contribution in [2.24, 2.45) is 0 Å². The number of nitrogens with zero attached hydrogens (tertiary/aromatic N) is 4. The van der Waals surface area contributed by atoms with Gasteiger partial charge in [0.1, 0.15) is 5.82 Å². The summed E-state index contributed by atoms with van der Waals surface area (Å²) in [4.78, 5) is 18.8. The van der Waals surface area contributed by atoms with Crippen molar-refractivity contribution in [1.29, 1.82) is 0 Å². The summed E-state index contributed by atoms with van der Waals surface area (Å²) in [7, 11) is 0. The van der Waals surface area contributed by atoms with Crippen molar-refractivity contribution in [1.82, 2.24) is 19.9 Å². The van der Waals surface area contributed by atoms with Crippen LogP contribution in [0.2, 0.25) is 0 Å². The zero-order valence-electron chi connectivity index (χ0n) is 18.2. The molecule has 0 amide bonds. The van der Waals surface area contributed by atoms with Crippen LogP contribution in [0.1, 0.15) is 97.4 Å². The Labute approximate surface area is 164 Å². The zero-order valence-corrected chi connectivity index (χ0v) is 18.2. The fraction of sp³-hybridized carbons (Fsp3) is 0.652. The summed E-state index contributed by atoms with van der Waals surface area (Å²) in [6.07, 6.45) is 10.8. The number of aromatic nitrogens is 4. The average Bonchev–Trinajstić information content (AvgIpc) is 2.80. The molecule has 2 aromatic rings. The van der Waals surface area contributed by atoms with Crippen LogP contribution in [0.3, 0.4) is 0 Å². The molecular weight excluding hydrogens is 332 g/mol. The third-order valence-corrected chi connectivity index (χ3v) is 6.17. The highest BCUT2D eigenvalue weighted by Crippen LogP contribution is 2.50. The fourth-order valence-corrected chi connectivity index (χ4v) is 4.39. The molecule has 4 heteroatoms. The van der Waals surface area contributed by atoms with Crippen LogP contribution in [0.15, 0.2) is 24.8 Å². The predicted molar refractivity (Wildman–Crippen MR) is 110 cm³/mol. The molecule has 0 saturated carbocycles. The Hall–Kier alpha value is -1.84. The molecule has 146 valence electrons. The van der Waals surface area contributed by atoms with Crippen LogP contribution in [-0.4, -0.2) is 19.9 Å². The first-order valence-electron chi connectivity index (χ1n) is 10.0. The van der Waals surface area contributed by atoms with Gasteiger partial charge in [-0.25, -0.2) is 9.97 Å². The lowest BCUT2D eigenvalue weighted by Crippen LogP contribution is -2.28. The van der Waals surface area contributed by atoms with Crippen LogP contribution in [0, 0.1) is 0 Å². The lowest BCUT2D eigenvalue weighted by atomic mass is 9.74. The van der Waals surface area contributed by atoms with Crippen LogP contribution >= 0.6 is 0 Å². The quantitative estimate of drug-likeness (QED) is 0.740. The van der Waals surface area contributed by atoms with Gasteiger partial charge in [0.25, 0.3) is 0 Å². The Morgan fingerprint density at radius 2 is 1.41 bits per heavy atom. The van der Waals surface area contributed by atoms with E-state index in [9.17, 15) is 0 Å². The van der Waals surface area contributed by atoms with Crippen molar-refractivity contribution < 1.29 is 0 Å². The molecule has 0 unspecified atom stereocenters. The second-order valence-corrected chi connectivity index (χ2v) is 10.8. The van der Waals surface area contributed by atoms with E-state index in [0.717, 1.165) is 30.8 Å². The van der Waals surface area contributed by atoms with Gasteiger partial charge in [0.15, 0.2) is 0 Å². The fourth-order valence-electron chi connectivity index (χ4n) is 4.39. The third kappa shape index (κ3) is 3.76. The van der Waals surface area contributed by atoms with Crippen LogP contribution < -0.4 is 0 Å². The first kappa shape index (κ1) is 19.9. The highest BCUT2D eigenvalue weighted by Gasteiger charge is 2.47. The van der Waals surface area contributed by atoms with E-state index in [4.69, 9.17) is 15.0 Å². The van der Waals surface area contributed by atoms with Gasteiger partial charge in [-0.3, -0.25) is 9.97 Å². The Kier molecular flexibility index (Phi) is 4.69. The number of rotatable bonds is 4. The Bertz CT molecular complexity index is 815. The molecule has 0 bridgehead atoms. The van der Waals surface area contributed by atoms with Crippen molar-refractivity contribution in [2.75, 3.05) is 0 Å². The minimum absolute atomic E-state index is 0.0513. The molecule has 0 fully saturated rings. The summed E-state index contributed by atoms with van der Waals surface area (Å²) < 4.78 is 0. The largest absolute Gasteiger partial charge is 0.257 e. The molecule has 0 saturated heterocycles. The second kappa shape index (κ2) is 6.35. The van der Waals surface area contributed by atoms with Gasteiger partial charge in [0, 0.05) is 41.0 Å². The van der Waals surface area contributed by atoms with Crippen molar-refractivity contribution in [2.45, 2.75) is 96.3 Å². The zero-order chi connectivity index (χ0) is 20.1. The molecule has 0 spiro atoms. The minimum Gasteiger partial charge on any atom is -0.257 e. The lowest BCUT2D eigenvalue weighted by molar-refractivity contribution is 0.304. The predicted octanol–water partition coefficient (Wildman–Crippen LogP) is 5.26. The van der Waals surface area contributed by atoms with Gasteiger partial charge < -0.3 is 0 Å². The van der Waals surface area contributed by atoms with Crippen LogP contribution in [0.25, 0.3) is 0 Å². The van der Waals surface area contributed by atoms with Crippen molar-refractivity contribution in [3.8, 4) is 0 Å². The maximum atomic E-state index is 4.73. The second-order valence-electron chi connectivity index (χ2n) is 10.8. The Balaban J connectivity index is 1.80. The topological polar surface area (TPSA) is 51.6 Å². The normalized spacial score (nSPS) is 21.9. The highest BCUT2D eigenvalue weighted by atomic mass is 14.9. The van der Waals surface area contributed by atoms with E-state index in [2.05, 4.69) is 60.4 Å². The molecule has 0 aromatic carbocycles. The molecule has 27 heavy (non-hydrogen) atoms. The van der Waals surface area contributed by atoms with E-state index >= 15 is 0 Å². The van der Waals surface area contributed by atoms with E-state index in [1.54, 1.807) is 0 Å². The van der Waals surface area contributed by atoms with Gasteiger partial charge in [0.05, 0.1) is 11.4 Å². The molecule has 2 aromatic heterocycles. The third-order valence-electron chi connectivity index (χ3n) is 6.17. The molecule has 3 rings (SSSR count). The number of hydrogen-bond acceptors (Lipinski definition) is 4. The lowest BCUT2D eigenvalue weighted by Gasteiger charge is -2.31. The summed E-state index contributed by atoms with van der Waals surface area (Å²) >= 11 is 0. The van der Waals surface area contributed by atoms with E-state index < -0.39 is 0 Å². The molecule has 2 heterocycles.